The zero-order chi connectivity index (χ0) is 14.0. The molecule has 1 atom stereocenters. The molecule has 0 saturated heterocycles. The van der Waals surface area contributed by atoms with Gasteiger partial charge < -0.3 is 5.32 Å². The van der Waals surface area contributed by atoms with E-state index in [1.54, 1.807) is 0 Å². The van der Waals surface area contributed by atoms with E-state index in [0.29, 0.717) is 6.54 Å². The van der Waals surface area contributed by atoms with Crippen LogP contribution in [0.5, 0.6) is 0 Å². The Morgan fingerprint density at radius 3 is 2.33 bits per heavy atom. The number of aromatic nitrogens is 2. The highest BCUT2D eigenvalue weighted by atomic mass is 19.4. The Hall–Kier alpha value is -1.04. The highest BCUT2D eigenvalue weighted by Crippen LogP contribution is 2.28. The van der Waals surface area contributed by atoms with Gasteiger partial charge in [0.2, 0.25) is 0 Å². The average molecular weight is 263 g/mol. The zero-order valence-corrected chi connectivity index (χ0v) is 11.2. The molecule has 1 unspecified atom stereocenters. The van der Waals surface area contributed by atoms with E-state index in [4.69, 9.17) is 0 Å². The Kier molecular flexibility index (Phi) is 4.42. The quantitative estimate of drug-likeness (QED) is 0.903. The van der Waals surface area contributed by atoms with Crippen molar-refractivity contribution >= 4 is 0 Å². The summed E-state index contributed by atoms with van der Waals surface area (Å²) in [7, 11) is 0. The molecule has 0 aliphatic carbocycles. The molecule has 0 fully saturated rings. The maximum atomic E-state index is 12.5. The molecule has 0 spiro atoms. The van der Waals surface area contributed by atoms with Gasteiger partial charge >= 0.3 is 6.18 Å². The number of rotatable bonds is 4. The molecule has 1 aromatic heterocycles. The second-order valence-corrected chi connectivity index (χ2v) is 5.37. The third kappa shape index (κ3) is 4.33. The number of hydrogen-bond donors (Lipinski definition) is 1. The van der Waals surface area contributed by atoms with Gasteiger partial charge in [0.25, 0.3) is 0 Å². The molecule has 1 N–H and O–H groups in total. The highest BCUT2D eigenvalue weighted by Gasteiger charge is 2.34. The average Bonchev–Trinajstić information content (AvgIpc) is 2.65. The maximum Gasteiger partial charge on any atom is 0.435 e. The van der Waals surface area contributed by atoms with Gasteiger partial charge in [-0.15, -0.1) is 0 Å². The van der Waals surface area contributed by atoms with E-state index in [0.717, 1.165) is 12.5 Å². The molecular weight excluding hydrogens is 243 g/mol. The second kappa shape index (κ2) is 5.30. The SMILES string of the molecule is CCC(CNC(C)(C)C)n1ccc(C(F)(F)F)n1. The van der Waals surface area contributed by atoms with Crippen molar-refractivity contribution in [3.05, 3.63) is 18.0 Å². The zero-order valence-electron chi connectivity index (χ0n) is 11.2. The van der Waals surface area contributed by atoms with Crippen LogP contribution in [0.25, 0.3) is 0 Å². The Morgan fingerprint density at radius 2 is 1.94 bits per heavy atom. The molecule has 0 amide bonds. The first-order chi connectivity index (χ1) is 8.13. The van der Waals surface area contributed by atoms with E-state index in [1.807, 2.05) is 27.7 Å². The second-order valence-electron chi connectivity index (χ2n) is 5.37. The number of hydrogen-bond acceptors (Lipinski definition) is 2. The van der Waals surface area contributed by atoms with Crippen molar-refractivity contribution in [1.82, 2.24) is 15.1 Å². The summed E-state index contributed by atoms with van der Waals surface area (Å²) < 4.78 is 38.7. The molecule has 0 aromatic carbocycles. The number of halogens is 3. The van der Waals surface area contributed by atoms with Crippen molar-refractivity contribution in [2.24, 2.45) is 0 Å². The van der Waals surface area contributed by atoms with Gasteiger partial charge in [0, 0.05) is 18.3 Å². The van der Waals surface area contributed by atoms with Crippen LogP contribution < -0.4 is 5.32 Å². The van der Waals surface area contributed by atoms with Crippen LogP contribution in [-0.2, 0) is 6.18 Å². The summed E-state index contributed by atoms with van der Waals surface area (Å²) in [4.78, 5) is 0. The lowest BCUT2D eigenvalue weighted by atomic mass is 10.1. The fourth-order valence-electron chi connectivity index (χ4n) is 1.54. The van der Waals surface area contributed by atoms with Crippen molar-refractivity contribution in [2.75, 3.05) is 6.54 Å². The number of alkyl halides is 3. The molecule has 6 heteroatoms. The van der Waals surface area contributed by atoms with Crippen LogP contribution in [0, 0.1) is 0 Å². The van der Waals surface area contributed by atoms with Gasteiger partial charge in [0.15, 0.2) is 5.69 Å². The molecule has 0 radical (unpaired) electrons. The maximum absolute atomic E-state index is 12.5. The van der Waals surface area contributed by atoms with Gasteiger partial charge in [-0.1, -0.05) is 6.92 Å². The Labute approximate surface area is 105 Å². The topological polar surface area (TPSA) is 29.9 Å². The van der Waals surface area contributed by atoms with Crippen LogP contribution in [-0.4, -0.2) is 21.9 Å². The molecule has 0 aliphatic rings. The molecular formula is C12H20F3N3. The lowest BCUT2D eigenvalue weighted by Crippen LogP contribution is -2.39. The van der Waals surface area contributed by atoms with Crippen LogP contribution in [0.1, 0.15) is 45.9 Å². The van der Waals surface area contributed by atoms with Gasteiger partial charge in [-0.05, 0) is 33.3 Å². The summed E-state index contributed by atoms with van der Waals surface area (Å²) >= 11 is 0. The van der Waals surface area contributed by atoms with E-state index in [9.17, 15) is 13.2 Å². The van der Waals surface area contributed by atoms with Crippen LogP contribution in [0.4, 0.5) is 13.2 Å². The lowest BCUT2D eigenvalue weighted by Gasteiger charge is -2.25. The van der Waals surface area contributed by atoms with E-state index in [2.05, 4.69) is 10.4 Å². The van der Waals surface area contributed by atoms with E-state index in [1.165, 1.54) is 10.9 Å². The summed E-state index contributed by atoms with van der Waals surface area (Å²) in [5, 5.41) is 6.88. The van der Waals surface area contributed by atoms with Crippen molar-refractivity contribution in [2.45, 2.75) is 51.9 Å². The Bertz CT molecular complexity index is 377. The molecule has 0 saturated carbocycles. The van der Waals surface area contributed by atoms with Crippen molar-refractivity contribution in [3.8, 4) is 0 Å². The minimum Gasteiger partial charge on any atom is -0.310 e. The minimum atomic E-state index is -4.37. The molecule has 0 aliphatic heterocycles. The first-order valence-electron chi connectivity index (χ1n) is 6.01. The number of nitrogens with zero attached hydrogens (tertiary/aromatic N) is 2. The Balaban J connectivity index is 2.74. The summed E-state index contributed by atoms with van der Waals surface area (Å²) in [5.41, 5.74) is -0.898. The monoisotopic (exact) mass is 263 g/mol. The first kappa shape index (κ1) is 15.0. The molecule has 1 rings (SSSR count). The number of nitrogens with one attached hydrogen (secondary N) is 1. The predicted octanol–water partition coefficient (Wildman–Crippen LogP) is 3.24. The Morgan fingerprint density at radius 1 is 1.33 bits per heavy atom. The van der Waals surface area contributed by atoms with Crippen LogP contribution in [0.3, 0.4) is 0 Å². The van der Waals surface area contributed by atoms with E-state index < -0.39 is 11.9 Å². The van der Waals surface area contributed by atoms with Crippen LogP contribution >= 0.6 is 0 Å². The van der Waals surface area contributed by atoms with Gasteiger partial charge in [0.05, 0.1) is 6.04 Å². The van der Waals surface area contributed by atoms with Crippen molar-refractivity contribution in [1.29, 1.82) is 0 Å². The molecule has 1 aromatic rings. The third-order valence-corrected chi connectivity index (χ3v) is 2.61. The predicted molar refractivity (Wildman–Crippen MR) is 64.3 cm³/mol. The fourth-order valence-corrected chi connectivity index (χ4v) is 1.54. The molecule has 0 bridgehead atoms. The first-order valence-corrected chi connectivity index (χ1v) is 6.01. The van der Waals surface area contributed by atoms with Crippen LogP contribution in [0.2, 0.25) is 0 Å². The van der Waals surface area contributed by atoms with Crippen molar-refractivity contribution < 1.29 is 13.2 Å². The van der Waals surface area contributed by atoms with Gasteiger partial charge in [-0.3, -0.25) is 4.68 Å². The summed E-state index contributed by atoms with van der Waals surface area (Å²) in [6.07, 6.45) is -2.26. The smallest absolute Gasteiger partial charge is 0.310 e. The van der Waals surface area contributed by atoms with Gasteiger partial charge in [0.1, 0.15) is 0 Å². The normalized spacial score (nSPS) is 14.8. The largest absolute Gasteiger partial charge is 0.435 e. The molecule has 3 nitrogen and oxygen atoms in total. The minimum absolute atomic E-state index is 0.0621. The lowest BCUT2D eigenvalue weighted by molar-refractivity contribution is -0.141. The summed E-state index contributed by atoms with van der Waals surface area (Å²) in [6, 6.07) is 0.944. The van der Waals surface area contributed by atoms with Crippen LogP contribution in [0.15, 0.2) is 12.3 Å². The fraction of sp³-hybridized carbons (Fsp3) is 0.750. The molecule has 18 heavy (non-hydrogen) atoms. The van der Waals surface area contributed by atoms with Gasteiger partial charge in [-0.2, -0.15) is 18.3 Å². The summed E-state index contributed by atoms with van der Waals surface area (Å²) in [5.74, 6) is 0. The van der Waals surface area contributed by atoms with E-state index >= 15 is 0 Å². The molecule has 104 valence electrons. The standard InChI is InChI=1S/C12H20F3N3/c1-5-9(8-16-11(2,3)4)18-7-6-10(17-18)12(13,14)15/h6-7,9,16H,5,8H2,1-4H3. The molecule has 1 heterocycles. The van der Waals surface area contributed by atoms with E-state index in [-0.39, 0.29) is 11.6 Å². The van der Waals surface area contributed by atoms with Crippen molar-refractivity contribution in [3.63, 3.8) is 0 Å². The third-order valence-electron chi connectivity index (χ3n) is 2.61. The van der Waals surface area contributed by atoms with Gasteiger partial charge in [-0.25, -0.2) is 0 Å². The highest BCUT2D eigenvalue weighted by molar-refractivity contribution is 5.04. The summed E-state index contributed by atoms with van der Waals surface area (Å²) in [6.45, 7) is 8.58.